The lowest BCUT2D eigenvalue weighted by molar-refractivity contribution is 0.112. The molecule has 0 saturated carbocycles. The van der Waals surface area contributed by atoms with Gasteiger partial charge in [-0.05, 0) is 19.1 Å². The van der Waals surface area contributed by atoms with Gasteiger partial charge in [0.05, 0.1) is 16.9 Å². The lowest BCUT2D eigenvalue weighted by Gasteiger charge is -1.91. The normalized spacial score (nSPS) is 10.4. The first-order valence-electron chi connectivity index (χ1n) is 3.71. The van der Waals surface area contributed by atoms with E-state index in [2.05, 4.69) is 9.97 Å². The van der Waals surface area contributed by atoms with Crippen LogP contribution in [0, 0.1) is 6.92 Å². The molecule has 0 fully saturated rings. The summed E-state index contributed by atoms with van der Waals surface area (Å²) in [7, 11) is 0. The number of fused-ring (bicyclic) bond motifs is 1. The van der Waals surface area contributed by atoms with Crippen LogP contribution in [0.3, 0.4) is 0 Å². The van der Waals surface area contributed by atoms with Gasteiger partial charge in [-0.1, -0.05) is 0 Å². The SMILES string of the molecule is Cc1nccc2cc(C=O)[nH]c12. The van der Waals surface area contributed by atoms with Gasteiger partial charge in [0.25, 0.3) is 0 Å². The van der Waals surface area contributed by atoms with E-state index in [4.69, 9.17) is 0 Å². The highest BCUT2D eigenvalue weighted by Gasteiger charge is 2.01. The van der Waals surface area contributed by atoms with Gasteiger partial charge >= 0.3 is 0 Å². The van der Waals surface area contributed by atoms with Crippen LogP contribution in [0.2, 0.25) is 0 Å². The monoisotopic (exact) mass is 160 g/mol. The van der Waals surface area contributed by atoms with Crippen LogP contribution in [0.25, 0.3) is 10.9 Å². The van der Waals surface area contributed by atoms with Crippen LogP contribution in [0.4, 0.5) is 0 Å². The zero-order valence-corrected chi connectivity index (χ0v) is 6.66. The number of carbonyl (C=O) groups excluding carboxylic acids is 1. The maximum atomic E-state index is 10.4. The van der Waals surface area contributed by atoms with Gasteiger partial charge in [0.1, 0.15) is 0 Å². The van der Waals surface area contributed by atoms with Crippen LogP contribution < -0.4 is 0 Å². The summed E-state index contributed by atoms with van der Waals surface area (Å²) in [5, 5.41) is 1.03. The lowest BCUT2D eigenvalue weighted by Crippen LogP contribution is -1.81. The molecule has 1 N–H and O–H groups in total. The zero-order valence-electron chi connectivity index (χ0n) is 6.66. The van der Waals surface area contributed by atoms with E-state index in [-0.39, 0.29) is 0 Å². The number of aromatic nitrogens is 2. The molecule has 0 aliphatic carbocycles. The standard InChI is InChI=1S/C9H8N2O/c1-6-9-7(2-3-10-6)4-8(5-12)11-9/h2-5,11H,1H3. The Labute approximate surface area is 69.4 Å². The summed E-state index contributed by atoms with van der Waals surface area (Å²) in [6.45, 7) is 1.91. The molecule has 0 radical (unpaired) electrons. The summed E-state index contributed by atoms with van der Waals surface area (Å²) >= 11 is 0. The number of pyridine rings is 1. The lowest BCUT2D eigenvalue weighted by atomic mass is 10.2. The van der Waals surface area contributed by atoms with Crippen LogP contribution in [0.15, 0.2) is 18.3 Å². The Morgan fingerprint density at radius 2 is 2.42 bits per heavy atom. The van der Waals surface area contributed by atoms with E-state index in [0.717, 1.165) is 22.9 Å². The van der Waals surface area contributed by atoms with E-state index >= 15 is 0 Å². The average molecular weight is 160 g/mol. The van der Waals surface area contributed by atoms with Gasteiger partial charge in [-0.2, -0.15) is 0 Å². The van der Waals surface area contributed by atoms with Crippen molar-refractivity contribution in [1.29, 1.82) is 0 Å². The van der Waals surface area contributed by atoms with Crippen LogP contribution >= 0.6 is 0 Å². The van der Waals surface area contributed by atoms with Crippen LogP contribution in [-0.4, -0.2) is 16.3 Å². The average Bonchev–Trinajstić information content (AvgIpc) is 2.49. The number of rotatable bonds is 1. The zero-order chi connectivity index (χ0) is 8.55. The Bertz CT molecular complexity index is 431. The van der Waals surface area contributed by atoms with Crippen molar-refractivity contribution < 1.29 is 4.79 Å². The molecule has 0 atom stereocenters. The molecule has 2 aromatic rings. The molecule has 0 aliphatic rings. The molecule has 0 aliphatic heterocycles. The van der Waals surface area contributed by atoms with Gasteiger partial charge in [-0.25, -0.2) is 0 Å². The summed E-state index contributed by atoms with van der Waals surface area (Å²) in [6, 6.07) is 3.70. The third kappa shape index (κ3) is 0.906. The second-order valence-electron chi connectivity index (χ2n) is 2.70. The molecule has 2 aromatic heterocycles. The van der Waals surface area contributed by atoms with E-state index < -0.39 is 0 Å². The first-order valence-corrected chi connectivity index (χ1v) is 3.71. The van der Waals surface area contributed by atoms with Crippen molar-refractivity contribution in [2.75, 3.05) is 0 Å². The minimum Gasteiger partial charge on any atom is -0.351 e. The molecular formula is C9H8N2O. The third-order valence-corrected chi connectivity index (χ3v) is 1.88. The van der Waals surface area contributed by atoms with Gasteiger partial charge in [0.15, 0.2) is 6.29 Å². The van der Waals surface area contributed by atoms with Crippen molar-refractivity contribution in [3.05, 3.63) is 29.7 Å². The fourth-order valence-electron chi connectivity index (χ4n) is 1.28. The summed E-state index contributed by atoms with van der Waals surface area (Å²) in [6.07, 6.45) is 2.54. The quantitative estimate of drug-likeness (QED) is 0.645. The highest BCUT2D eigenvalue weighted by molar-refractivity contribution is 5.88. The molecular weight excluding hydrogens is 152 g/mol. The van der Waals surface area contributed by atoms with Crippen LogP contribution in [0.1, 0.15) is 16.2 Å². The molecule has 3 heteroatoms. The van der Waals surface area contributed by atoms with Gasteiger partial charge in [0, 0.05) is 11.6 Å². The second kappa shape index (κ2) is 2.44. The second-order valence-corrected chi connectivity index (χ2v) is 2.70. The number of nitrogens with one attached hydrogen (secondary N) is 1. The highest BCUT2D eigenvalue weighted by atomic mass is 16.1. The Balaban J connectivity index is 2.82. The Hall–Kier alpha value is -1.64. The number of aldehydes is 1. The Morgan fingerprint density at radius 3 is 3.08 bits per heavy atom. The van der Waals surface area contributed by atoms with Crippen LogP contribution in [0.5, 0.6) is 0 Å². The molecule has 0 amide bonds. The topological polar surface area (TPSA) is 45.8 Å². The number of hydrogen-bond donors (Lipinski definition) is 1. The highest BCUT2D eigenvalue weighted by Crippen LogP contribution is 2.15. The molecule has 2 heterocycles. The van der Waals surface area contributed by atoms with E-state index in [0.29, 0.717) is 5.69 Å². The smallest absolute Gasteiger partial charge is 0.166 e. The van der Waals surface area contributed by atoms with Crippen molar-refractivity contribution >= 4 is 17.2 Å². The summed E-state index contributed by atoms with van der Waals surface area (Å²) in [4.78, 5) is 17.5. The van der Waals surface area contributed by atoms with E-state index in [1.165, 1.54) is 0 Å². The number of aryl methyl sites for hydroxylation is 1. The Kier molecular flexibility index (Phi) is 1.43. The molecule has 3 nitrogen and oxygen atoms in total. The first kappa shape index (κ1) is 7.03. The van der Waals surface area contributed by atoms with E-state index in [1.807, 2.05) is 19.1 Å². The van der Waals surface area contributed by atoms with Gasteiger partial charge in [-0.15, -0.1) is 0 Å². The van der Waals surface area contributed by atoms with Crippen molar-refractivity contribution in [3.63, 3.8) is 0 Å². The minimum absolute atomic E-state index is 0.598. The number of carbonyl (C=O) groups is 1. The molecule has 0 saturated heterocycles. The van der Waals surface area contributed by atoms with Gasteiger partial charge < -0.3 is 4.98 Å². The number of aromatic amines is 1. The fraction of sp³-hybridized carbons (Fsp3) is 0.111. The van der Waals surface area contributed by atoms with Crippen molar-refractivity contribution in [3.8, 4) is 0 Å². The predicted octanol–water partition coefficient (Wildman–Crippen LogP) is 1.68. The summed E-state index contributed by atoms with van der Waals surface area (Å²) in [5.74, 6) is 0. The van der Waals surface area contributed by atoms with Crippen molar-refractivity contribution in [2.45, 2.75) is 6.92 Å². The maximum absolute atomic E-state index is 10.4. The number of H-pyrrole nitrogens is 1. The minimum atomic E-state index is 0.598. The molecule has 0 bridgehead atoms. The predicted molar refractivity (Wildman–Crippen MR) is 46.2 cm³/mol. The molecule has 2 rings (SSSR count). The van der Waals surface area contributed by atoms with Crippen molar-refractivity contribution in [2.24, 2.45) is 0 Å². The molecule has 60 valence electrons. The number of nitrogens with zero attached hydrogens (tertiary/aromatic N) is 1. The van der Waals surface area contributed by atoms with Crippen molar-refractivity contribution in [1.82, 2.24) is 9.97 Å². The molecule has 12 heavy (non-hydrogen) atoms. The molecule has 0 unspecified atom stereocenters. The third-order valence-electron chi connectivity index (χ3n) is 1.88. The largest absolute Gasteiger partial charge is 0.351 e. The summed E-state index contributed by atoms with van der Waals surface area (Å²) in [5.41, 5.74) is 2.46. The van der Waals surface area contributed by atoms with E-state index in [1.54, 1.807) is 6.20 Å². The summed E-state index contributed by atoms with van der Waals surface area (Å²) < 4.78 is 0. The molecule has 0 spiro atoms. The number of hydrogen-bond acceptors (Lipinski definition) is 2. The maximum Gasteiger partial charge on any atom is 0.166 e. The van der Waals surface area contributed by atoms with Gasteiger partial charge in [0.2, 0.25) is 0 Å². The van der Waals surface area contributed by atoms with Crippen LogP contribution in [-0.2, 0) is 0 Å². The van der Waals surface area contributed by atoms with E-state index in [9.17, 15) is 4.79 Å². The first-order chi connectivity index (χ1) is 5.81. The molecule has 0 aromatic carbocycles. The Morgan fingerprint density at radius 1 is 1.58 bits per heavy atom. The fourth-order valence-corrected chi connectivity index (χ4v) is 1.28. The van der Waals surface area contributed by atoms with Gasteiger partial charge in [-0.3, -0.25) is 9.78 Å².